The summed E-state index contributed by atoms with van der Waals surface area (Å²) in [5.74, 6) is -1.37. The van der Waals surface area contributed by atoms with E-state index in [0.717, 1.165) is 6.26 Å². The number of nitrogens with one attached hydrogen (secondary N) is 1. The van der Waals surface area contributed by atoms with Crippen molar-refractivity contribution in [1.82, 2.24) is 4.57 Å². The second kappa shape index (κ2) is 5.49. The number of hydrogen-bond acceptors (Lipinski definition) is 6. The van der Waals surface area contributed by atoms with Crippen molar-refractivity contribution in [3.05, 3.63) is 29.5 Å². The predicted octanol–water partition coefficient (Wildman–Crippen LogP) is 1.18. The van der Waals surface area contributed by atoms with Crippen LogP contribution in [0.25, 0.3) is 10.9 Å². The molecule has 0 radical (unpaired) electrons. The summed E-state index contributed by atoms with van der Waals surface area (Å²) in [6.07, 6.45) is -0.892. The van der Waals surface area contributed by atoms with Crippen LogP contribution >= 0.6 is 0 Å². The van der Waals surface area contributed by atoms with Crippen LogP contribution in [0.2, 0.25) is 0 Å². The number of hydrogen-bond donors (Lipinski definition) is 3. The Bertz CT molecular complexity index is 961. The molecule has 0 amide bonds. The Morgan fingerprint density at radius 1 is 1.33 bits per heavy atom. The maximum Gasteiger partial charge on any atom is 0.416 e. The molecule has 0 saturated heterocycles. The number of aromatic carboxylic acids is 1. The van der Waals surface area contributed by atoms with Gasteiger partial charge in [0.15, 0.2) is 0 Å². The van der Waals surface area contributed by atoms with E-state index in [0.29, 0.717) is 21.2 Å². The zero-order valence-electron chi connectivity index (χ0n) is 12.5. The van der Waals surface area contributed by atoms with Crippen LogP contribution in [0.15, 0.2) is 18.2 Å². The van der Waals surface area contributed by atoms with Crippen LogP contribution in [-0.2, 0) is 20.7 Å². The lowest BCUT2D eigenvalue weighted by Crippen LogP contribution is -2.32. The van der Waals surface area contributed by atoms with Crippen LogP contribution in [0.5, 0.6) is 0 Å². The number of rotatable bonds is 3. The maximum absolute atomic E-state index is 11.4. The topological polar surface area (TPSA) is 135 Å². The molecule has 1 aromatic heterocycles. The number of aromatic nitrogens is 1. The minimum absolute atomic E-state index is 0.218. The van der Waals surface area contributed by atoms with Gasteiger partial charge in [-0.2, -0.15) is 8.42 Å². The van der Waals surface area contributed by atoms with Crippen LogP contribution in [0.4, 0.5) is 10.5 Å². The third kappa shape index (κ3) is 2.81. The summed E-state index contributed by atoms with van der Waals surface area (Å²) in [5, 5.41) is 22.0. The number of nitrogens with zero attached hydrogens (tertiary/aromatic N) is 1. The molecule has 9 nitrogen and oxygen atoms in total. The van der Waals surface area contributed by atoms with Gasteiger partial charge in [0.05, 0.1) is 17.9 Å². The quantitative estimate of drug-likeness (QED) is 0.699. The molecular weight excluding hydrogens is 340 g/mol. The molecule has 3 N–H and O–H groups in total. The van der Waals surface area contributed by atoms with Crippen molar-refractivity contribution in [1.29, 1.82) is 0 Å². The SMILES string of the molecule is CS(=O)(=O)OC1CNc2ccc3c(cc(C(=O)O)n3C(=O)O)c2C1. The maximum atomic E-state index is 11.4. The van der Waals surface area contributed by atoms with Crippen molar-refractivity contribution < 1.29 is 32.4 Å². The van der Waals surface area contributed by atoms with Gasteiger partial charge in [-0.3, -0.25) is 4.18 Å². The van der Waals surface area contributed by atoms with E-state index in [1.54, 1.807) is 6.07 Å². The second-order valence-electron chi connectivity index (χ2n) is 5.48. The van der Waals surface area contributed by atoms with Crippen molar-refractivity contribution >= 4 is 38.8 Å². The minimum Gasteiger partial charge on any atom is -0.477 e. The van der Waals surface area contributed by atoms with Crippen molar-refractivity contribution in [3.8, 4) is 0 Å². The Hall–Kier alpha value is -2.59. The van der Waals surface area contributed by atoms with Crippen LogP contribution in [0.1, 0.15) is 16.1 Å². The molecule has 2 aromatic rings. The third-order valence-corrected chi connectivity index (χ3v) is 4.39. The Morgan fingerprint density at radius 3 is 2.62 bits per heavy atom. The molecule has 128 valence electrons. The first-order chi connectivity index (χ1) is 11.2. The number of carboxylic acid groups (broad SMARTS) is 2. The van der Waals surface area contributed by atoms with Gasteiger partial charge >= 0.3 is 12.1 Å². The Morgan fingerprint density at radius 2 is 2.04 bits per heavy atom. The number of carboxylic acids is 1. The summed E-state index contributed by atoms with van der Waals surface area (Å²) in [6.45, 7) is 0.275. The molecule has 24 heavy (non-hydrogen) atoms. The Labute approximate surface area is 136 Å². The van der Waals surface area contributed by atoms with E-state index in [4.69, 9.17) is 4.18 Å². The standard InChI is InChI=1S/C14H14N2O7S/c1-24(21,22)23-7-4-8-9-5-12(13(17)18)16(14(19)20)11(9)3-2-10(8)15-6-7/h2-3,5,7,15H,4,6H2,1H3,(H,17,18)(H,19,20). The molecule has 1 atom stereocenters. The smallest absolute Gasteiger partial charge is 0.416 e. The zero-order valence-corrected chi connectivity index (χ0v) is 13.3. The highest BCUT2D eigenvalue weighted by molar-refractivity contribution is 7.86. The molecule has 0 aliphatic carbocycles. The van der Waals surface area contributed by atoms with Crippen LogP contribution in [-0.4, -0.2) is 54.2 Å². The van der Waals surface area contributed by atoms with Gasteiger partial charge in [-0.05, 0) is 23.8 Å². The fraction of sp³-hybridized carbons (Fsp3) is 0.286. The predicted molar refractivity (Wildman–Crippen MR) is 84.2 cm³/mol. The summed E-state index contributed by atoms with van der Waals surface area (Å²) >= 11 is 0. The molecule has 0 bridgehead atoms. The summed E-state index contributed by atoms with van der Waals surface area (Å²) in [7, 11) is -3.64. The average molecular weight is 354 g/mol. The molecule has 1 aliphatic heterocycles. The molecule has 1 aromatic carbocycles. The van der Waals surface area contributed by atoms with E-state index in [9.17, 15) is 28.2 Å². The first-order valence-corrected chi connectivity index (χ1v) is 8.75. The largest absolute Gasteiger partial charge is 0.477 e. The number of benzene rings is 1. The van der Waals surface area contributed by atoms with Gasteiger partial charge in [0, 0.05) is 24.0 Å². The highest BCUT2D eigenvalue weighted by atomic mass is 32.2. The second-order valence-corrected chi connectivity index (χ2v) is 7.09. The van der Waals surface area contributed by atoms with Crippen LogP contribution < -0.4 is 5.32 Å². The lowest BCUT2D eigenvalue weighted by atomic mass is 9.98. The van der Waals surface area contributed by atoms with E-state index < -0.39 is 28.3 Å². The van der Waals surface area contributed by atoms with Gasteiger partial charge in [0.2, 0.25) is 0 Å². The van der Waals surface area contributed by atoms with Crippen LogP contribution in [0.3, 0.4) is 0 Å². The van der Waals surface area contributed by atoms with Crippen LogP contribution in [0, 0.1) is 0 Å². The molecule has 0 saturated carbocycles. The minimum atomic E-state index is -3.64. The molecule has 0 fully saturated rings. The molecule has 0 spiro atoms. The van der Waals surface area contributed by atoms with Gasteiger partial charge in [-0.25, -0.2) is 14.2 Å². The van der Waals surface area contributed by atoms with E-state index in [2.05, 4.69) is 5.32 Å². The van der Waals surface area contributed by atoms with Gasteiger partial charge < -0.3 is 15.5 Å². The van der Waals surface area contributed by atoms with Gasteiger partial charge in [0.1, 0.15) is 5.69 Å². The molecular formula is C14H14N2O7S. The lowest BCUT2D eigenvalue weighted by molar-refractivity contribution is 0.0684. The average Bonchev–Trinajstić information content (AvgIpc) is 2.85. The van der Waals surface area contributed by atoms with E-state index in [1.807, 2.05) is 0 Å². The highest BCUT2D eigenvalue weighted by Crippen LogP contribution is 2.33. The van der Waals surface area contributed by atoms with E-state index >= 15 is 0 Å². The number of carbonyl (C=O) groups is 2. The fourth-order valence-electron chi connectivity index (χ4n) is 2.93. The van der Waals surface area contributed by atoms with Gasteiger partial charge in [-0.15, -0.1) is 0 Å². The van der Waals surface area contributed by atoms with E-state index in [-0.39, 0.29) is 24.2 Å². The van der Waals surface area contributed by atoms with Crippen molar-refractivity contribution in [3.63, 3.8) is 0 Å². The molecule has 1 unspecified atom stereocenters. The molecule has 1 aliphatic rings. The highest BCUT2D eigenvalue weighted by Gasteiger charge is 2.27. The fourth-order valence-corrected chi connectivity index (χ4v) is 3.56. The Balaban J connectivity index is 2.15. The summed E-state index contributed by atoms with van der Waals surface area (Å²) < 4.78 is 28.3. The zero-order chi connectivity index (χ0) is 17.6. The van der Waals surface area contributed by atoms with Crippen molar-refractivity contribution in [2.45, 2.75) is 12.5 Å². The normalized spacial score (nSPS) is 17.3. The third-order valence-electron chi connectivity index (χ3n) is 3.77. The number of anilines is 1. The monoisotopic (exact) mass is 354 g/mol. The first kappa shape index (κ1) is 16.3. The summed E-state index contributed by atoms with van der Waals surface area (Å²) in [4.78, 5) is 22.7. The molecule has 2 heterocycles. The number of fused-ring (bicyclic) bond motifs is 3. The summed E-state index contributed by atoms with van der Waals surface area (Å²) in [6, 6.07) is 4.42. The van der Waals surface area contributed by atoms with Crippen molar-refractivity contribution in [2.24, 2.45) is 0 Å². The lowest BCUT2D eigenvalue weighted by Gasteiger charge is -2.26. The van der Waals surface area contributed by atoms with E-state index in [1.165, 1.54) is 12.1 Å². The molecule has 3 rings (SSSR count). The van der Waals surface area contributed by atoms with Gasteiger partial charge in [0.25, 0.3) is 10.1 Å². The summed E-state index contributed by atoms with van der Waals surface area (Å²) in [5.41, 5.74) is 1.16. The molecule has 10 heteroatoms. The Kier molecular flexibility index (Phi) is 3.73. The van der Waals surface area contributed by atoms with Crippen molar-refractivity contribution in [2.75, 3.05) is 18.1 Å². The first-order valence-electron chi connectivity index (χ1n) is 6.93. The van der Waals surface area contributed by atoms with Gasteiger partial charge in [-0.1, -0.05) is 0 Å².